The van der Waals surface area contributed by atoms with Crippen molar-refractivity contribution < 1.29 is 19.2 Å². The fourth-order valence-electron chi connectivity index (χ4n) is 4.09. The van der Waals surface area contributed by atoms with Crippen LogP contribution in [-0.2, 0) is 4.79 Å². The number of ketones is 1. The molecule has 0 saturated carbocycles. The van der Waals surface area contributed by atoms with Crippen molar-refractivity contribution >= 4 is 11.7 Å². The Morgan fingerprint density at radius 2 is 2.12 bits per heavy atom. The van der Waals surface area contributed by atoms with Crippen molar-refractivity contribution in [1.82, 2.24) is 5.16 Å². The summed E-state index contributed by atoms with van der Waals surface area (Å²) in [6, 6.07) is 5.25. The van der Waals surface area contributed by atoms with Crippen LogP contribution in [0.5, 0.6) is 11.5 Å². The lowest BCUT2D eigenvalue weighted by Gasteiger charge is -2.37. The van der Waals surface area contributed by atoms with Gasteiger partial charge in [-0.15, -0.1) is 0 Å². The Morgan fingerprint density at radius 3 is 2.81 bits per heavy atom. The first-order valence-corrected chi connectivity index (χ1v) is 8.67. The Morgan fingerprint density at radius 1 is 1.35 bits per heavy atom. The van der Waals surface area contributed by atoms with Crippen molar-refractivity contribution in [3.8, 4) is 11.5 Å². The second kappa shape index (κ2) is 5.62. The van der Waals surface area contributed by atoms with Crippen LogP contribution >= 0.6 is 0 Å². The van der Waals surface area contributed by atoms with E-state index in [1.54, 1.807) is 12.1 Å². The van der Waals surface area contributed by atoms with Gasteiger partial charge in [0.05, 0.1) is 18.4 Å². The molecular weight excluding hydrogens is 332 g/mol. The fourth-order valence-corrected chi connectivity index (χ4v) is 4.09. The molecule has 1 unspecified atom stereocenters. The number of carbonyl (C=O) groups is 1. The molecular formula is C20H22N2O4. The predicted octanol–water partition coefficient (Wildman–Crippen LogP) is 3.90. The first-order chi connectivity index (χ1) is 12.3. The minimum Gasteiger partial charge on any atom is -0.504 e. The molecule has 136 valence electrons. The Bertz CT molecular complexity index is 939. The molecule has 1 aliphatic carbocycles. The number of benzene rings is 1. The summed E-state index contributed by atoms with van der Waals surface area (Å²) in [6.45, 7) is 6.04. The van der Waals surface area contributed by atoms with Gasteiger partial charge in [0.1, 0.15) is 0 Å². The van der Waals surface area contributed by atoms with E-state index in [1.165, 1.54) is 7.11 Å². The van der Waals surface area contributed by atoms with E-state index in [2.05, 4.69) is 24.3 Å². The minimum atomic E-state index is -0.312. The summed E-state index contributed by atoms with van der Waals surface area (Å²) in [5.41, 5.74) is 3.92. The van der Waals surface area contributed by atoms with Crippen LogP contribution in [0.4, 0.5) is 5.88 Å². The van der Waals surface area contributed by atoms with Gasteiger partial charge in [-0.1, -0.05) is 25.1 Å². The Labute approximate surface area is 151 Å². The summed E-state index contributed by atoms with van der Waals surface area (Å²) in [4.78, 5) is 13.0. The summed E-state index contributed by atoms with van der Waals surface area (Å²) < 4.78 is 10.6. The maximum atomic E-state index is 13.0. The number of aromatic nitrogens is 1. The van der Waals surface area contributed by atoms with E-state index in [1.807, 2.05) is 13.0 Å². The van der Waals surface area contributed by atoms with E-state index < -0.39 is 0 Å². The van der Waals surface area contributed by atoms with Crippen LogP contribution in [-0.4, -0.2) is 23.2 Å². The van der Waals surface area contributed by atoms with Gasteiger partial charge in [-0.25, -0.2) is 0 Å². The maximum Gasteiger partial charge on any atom is 0.233 e. The molecule has 0 spiro atoms. The number of nitrogens with zero attached hydrogens (tertiary/aromatic N) is 1. The van der Waals surface area contributed by atoms with Crippen molar-refractivity contribution in [1.29, 1.82) is 0 Å². The lowest BCUT2D eigenvalue weighted by Crippen LogP contribution is -2.33. The zero-order valence-electron chi connectivity index (χ0n) is 15.3. The summed E-state index contributed by atoms with van der Waals surface area (Å²) >= 11 is 0. The average Bonchev–Trinajstić information content (AvgIpc) is 2.92. The van der Waals surface area contributed by atoms with Gasteiger partial charge in [0.25, 0.3) is 0 Å². The number of rotatable bonds is 2. The Kier molecular flexibility index (Phi) is 3.61. The number of methoxy groups -OCH3 is 1. The first-order valence-electron chi connectivity index (χ1n) is 8.67. The molecule has 1 atom stereocenters. The SMILES string of the molecule is COc1ccc(C2C3=C(CC(C)(C)CC3=O)Nc3onc(C)c32)cc1O. The molecule has 0 saturated heterocycles. The number of carbonyl (C=O) groups excluding carboxylic acids is 1. The van der Waals surface area contributed by atoms with Crippen molar-refractivity contribution in [2.45, 2.75) is 39.5 Å². The van der Waals surface area contributed by atoms with Crippen molar-refractivity contribution in [2.24, 2.45) is 5.41 Å². The highest BCUT2D eigenvalue weighted by atomic mass is 16.5. The van der Waals surface area contributed by atoms with Crippen molar-refractivity contribution in [3.63, 3.8) is 0 Å². The molecule has 2 aliphatic rings. The highest BCUT2D eigenvalue weighted by Gasteiger charge is 2.43. The number of fused-ring (bicyclic) bond motifs is 1. The van der Waals surface area contributed by atoms with Crippen molar-refractivity contribution in [3.05, 3.63) is 46.3 Å². The average molecular weight is 354 g/mol. The van der Waals surface area contributed by atoms with Crippen LogP contribution in [0, 0.1) is 12.3 Å². The molecule has 1 aromatic heterocycles. The monoisotopic (exact) mass is 354 g/mol. The van der Waals surface area contributed by atoms with Gasteiger partial charge >= 0.3 is 0 Å². The topological polar surface area (TPSA) is 84.6 Å². The lowest BCUT2D eigenvalue weighted by molar-refractivity contribution is -0.118. The summed E-state index contributed by atoms with van der Waals surface area (Å²) in [6.07, 6.45) is 1.25. The molecule has 4 rings (SSSR count). The van der Waals surface area contributed by atoms with Gasteiger partial charge in [-0.3, -0.25) is 4.79 Å². The largest absolute Gasteiger partial charge is 0.504 e. The minimum absolute atomic E-state index is 0.0462. The molecule has 2 N–H and O–H groups in total. The normalized spacial score (nSPS) is 21.1. The number of aromatic hydroxyl groups is 1. The van der Waals surface area contributed by atoms with Crippen LogP contribution in [0.1, 0.15) is 49.4 Å². The van der Waals surface area contributed by atoms with Gasteiger partial charge in [-0.2, -0.15) is 0 Å². The third kappa shape index (κ3) is 2.48. The molecule has 0 bridgehead atoms. The summed E-state index contributed by atoms with van der Waals surface area (Å²) in [5.74, 6) is 0.829. The number of phenolic OH excluding ortho intramolecular Hbond substituents is 1. The Hall–Kier alpha value is -2.76. The van der Waals surface area contributed by atoms with E-state index in [0.29, 0.717) is 18.1 Å². The number of hydrogen-bond donors (Lipinski definition) is 2. The van der Waals surface area contributed by atoms with E-state index in [-0.39, 0.29) is 22.9 Å². The molecule has 0 radical (unpaired) electrons. The molecule has 0 amide bonds. The summed E-state index contributed by atoms with van der Waals surface area (Å²) in [5, 5.41) is 17.6. The number of Topliss-reactive ketones (excluding diaryl/α,β-unsaturated/α-hetero) is 1. The third-order valence-corrected chi connectivity index (χ3v) is 5.21. The van der Waals surface area contributed by atoms with Crippen molar-refractivity contribution in [2.75, 3.05) is 12.4 Å². The number of nitrogens with one attached hydrogen (secondary N) is 1. The van der Waals surface area contributed by atoms with E-state index in [9.17, 15) is 9.90 Å². The number of phenols is 1. The molecule has 6 nitrogen and oxygen atoms in total. The van der Waals surface area contributed by atoms with E-state index in [4.69, 9.17) is 9.26 Å². The first kappa shape index (κ1) is 16.7. The zero-order valence-corrected chi connectivity index (χ0v) is 15.3. The number of anilines is 1. The maximum absolute atomic E-state index is 13.0. The molecule has 26 heavy (non-hydrogen) atoms. The second-order valence-electron chi connectivity index (χ2n) is 7.83. The zero-order chi connectivity index (χ0) is 18.6. The third-order valence-electron chi connectivity index (χ3n) is 5.21. The molecule has 2 aromatic rings. The molecule has 6 heteroatoms. The van der Waals surface area contributed by atoms with Gasteiger partial charge in [0.2, 0.25) is 5.88 Å². The highest BCUT2D eigenvalue weighted by molar-refractivity contribution is 6.01. The number of hydrogen-bond acceptors (Lipinski definition) is 6. The number of aryl methyl sites for hydroxylation is 1. The van der Waals surface area contributed by atoms with Crippen LogP contribution < -0.4 is 10.1 Å². The van der Waals surface area contributed by atoms with E-state index in [0.717, 1.165) is 34.5 Å². The molecule has 2 heterocycles. The predicted molar refractivity (Wildman–Crippen MR) is 96.4 cm³/mol. The van der Waals surface area contributed by atoms with Gasteiger partial charge in [0.15, 0.2) is 17.3 Å². The van der Waals surface area contributed by atoms with Gasteiger partial charge in [0, 0.05) is 23.6 Å². The van der Waals surface area contributed by atoms with Crippen LogP contribution in [0.15, 0.2) is 34.0 Å². The molecule has 1 aromatic carbocycles. The Balaban J connectivity index is 1.92. The quantitative estimate of drug-likeness (QED) is 0.851. The highest BCUT2D eigenvalue weighted by Crippen LogP contribution is 2.50. The van der Waals surface area contributed by atoms with E-state index >= 15 is 0 Å². The summed E-state index contributed by atoms with van der Waals surface area (Å²) in [7, 11) is 1.51. The van der Waals surface area contributed by atoms with Gasteiger partial charge < -0.3 is 19.7 Å². The smallest absolute Gasteiger partial charge is 0.233 e. The van der Waals surface area contributed by atoms with Crippen LogP contribution in [0.3, 0.4) is 0 Å². The molecule has 1 aliphatic heterocycles. The fraction of sp³-hybridized carbons (Fsp3) is 0.400. The number of allylic oxidation sites excluding steroid dienone is 2. The second-order valence-corrected chi connectivity index (χ2v) is 7.83. The molecule has 0 fully saturated rings. The lowest BCUT2D eigenvalue weighted by atomic mass is 9.69. The number of ether oxygens (including phenoxy) is 1. The standard InChI is InChI=1S/C20H22N2O4/c1-10-16-17(11-5-6-15(25-4)13(23)7-11)18-12(21-19(16)26-22-10)8-20(2,3)9-14(18)24/h5-7,17,21,23H,8-9H2,1-4H3. The van der Waals surface area contributed by atoms with Gasteiger partial charge in [-0.05, 0) is 36.5 Å². The van der Waals surface area contributed by atoms with Crippen LogP contribution in [0.25, 0.3) is 0 Å². The van der Waals surface area contributed by atoms with Crippen LogP contribution in [0.2, 0.25) is 0 Å².